The Morgan fingerprint density at radius 3 is 0.648 bits per heavy atom. The van der Waals surface area contributed by atoms with E-state index in [-0.39, 0.29) is 21.7 Å². The third-order valence-electron chi connectivity index (χ3n) is 11.8. The van der Waals surface area contributed by atoms with E-state index in [4.69, 9.17) is 0 Å². The lowest BCUT2D eigenvalue weighted by Gasteiger charge is -2.71. The smallest absolute Gasteiger partial charge is 0.112 e. The van der Waals surface area contributed by atoms with Crippen LogP contribution in [0.15, 0.2) is 97.1 Å². The number of benzene rings is 4. The van der Waals surface area contributed by atoms with Crippen molar-refractivity contribution >= 4 is 0 Å². The van der Waals surface area contributed by atoms with Gasteiger partial charge >= 0.3 is 0 Å². The fourth-order valence-corrected chi connectivity index (χ4v) is 10.2. The Morgan fingerprint density at radius 2 is 0.500 bits per heavy atom. The number of aliphatic hydroxyl groups is 4. The normalized spacial score (nSPS) is 27.0. The summed E-state index contributed by atoms with van der Waals surface area (Å²) >= 11 is 0. The molecule has 4 bridgehead atoms. The van der Waals surface area contributed by atoms with E-state index in [0.29, 0.717) is 0 Å². The van der Waals surface area contributed by atoms with Crippen molar-refractivity contribution in [3.8, 4) is 47.4 Å². The molecule has 4 heteroatoms. The Morgan fingerprint density at radius 1 is 0.333 bits per heavy atom. The highest BCUT2D eigenvalue weighted by Gasteiger charge is 2.69. The van der Waals surface area contributed by atoms with E-state index in [9.17, 15) is 20.4 Å². The first-order valence-corrected chi connectivity index (χ1v) is 19.0. The molecule has 272 valence electrons. The average Bonchev–Trinajstić information content (AvgIpc) is 3.15. The number of aliphatic hydroxyl groups excluding tert-OH is 4. The van der Waals surface area contributed by atoms with E-state index >= 15 is 0 Å². The zero-order valence-electron chi connectivity index (χ0n) is 31.6. The number of rotatable bonds is 4. The summed E-state index contributed by atoms with van der Waals surface area (Å²) in [5.74, 6) is 24.1. The summed E-state index contributed by atoms with van der Waals surface area (Å²) in [5.41, 5.74) is 8.25. The van der Waals surface area contributed by atoms with Gasteiger partial charge in [0.05, 0.1) is 0 Å². The summed E-state index contributed by atoms with van der Waals surface area (Å²) < 4.78 is 0. The largest absolute Gasteiger partial charge is 0.381 e. The fraction of sp³-hybridized carbons (Fsp3) is 0.360. The van der Waals surface area contributed by atoms with Gasteiger partial charge in [-0.15, -0.1) is 0 Å². The fourth-order valence-electron chi connectivity index (χ4n) is 10.2. The lowest BCUT2D eigenvalue weighted by Crippen LogP contribution is -2.67. The quantitative estimate of drug-likeness (QED) is 0.171. The van der Waals surface area contributed by atoms with Gasteiger partial charge in [0.2, 0.25) is 0 Å². The maximum Gasteiger partial charge on any atom is 0.112 e. The molecule has 4 N–H and O–H groups in total. The Bertz CT molecular complexity index is 1880. The second-order valence-electron chi connectivity index (χ2n) is 16.3. The van der Waals surface area contributed by atoms with Crippen molar-refractivity contribution in [1.82, 2.24) is 0 Å². The molecule has 0 aliphatic heterocycles. The predicted octanol–water partition coefficient (Wildman–Crippen LogP) is 7.05. The van der Waals surface area contributed by atoms with Crippen molar-refractivity contribution in [1.29, 1.82) is 0 Å². The topological polar surface area (TPSA) is 80.9 Å². The molecule has 4 nitrogen and oxygen atoms in total. The first-order valence-electron chi connectivity index (χ1n) is 19.0. The molecule has 4 aliphatic rings. The minimum atomic E-state index is -0.689. The van der Waals surface area contributed by atoms with Crippen molar-refractivity contribution < 1.29 is 20.4 Å². The van der Waals surface area contributed by atoms with Crippen molar-refractivity contribution in [2.24, 2.45) is 0 Å². The van der Waals surface area contributed by atoms with Crippen molar-refractivity contribution in [2.75, 3.05) is 0 Å². The van der Waals surface area contributed by atoms with Gasteiger partial charge in [-0.2, -0.15) is 0 Å². The van der Waals surface area contributed by atoms with Gasteiger partial charge in [-0.1, -0.05) is 95.9 Å². The molecular formula is C50H48O4. The summed E-state index contributed by atoms with van der Waals surface area (Å²) in [7, 11) is 0. The van der Waals surface area contributed by atoms with Crippen LogP contribution in [0.4, 0.5) is 0 Å². The molecule has 0 aromatic heterocycles. The maximum absolute atomic E-state index is 9.82. The molecule has 4 aromatic rings. The molecule has 4 aromatic carbocycles. The summed E-state index contributed by atoms with van der Waals surface area (Å²) in [6.45, 7) is 6.72. The standard InChI is InChI=1S/C50H48O4/c1-35(51)5-9-39-13-21-43(22-14-39)47-29-48(44-23-15-40(16-24-44)10-6-36(2)52)32-49(30-47,45-25-17-41(18-26-45)11-7-37(3)53)34-50(31-47,33-48)46-27-19-42(20-28-46)12-8-38(4)54/h13-28,35-38,51-54H,29-34H2,1-4H3/t35-,36-,37-,38-,47?,48?,49?,50?/m1/s1. The van der Waals surface area contributed by atoms with Crippen molar-refractivity contribution in [3.63, 3.8) is 0 Å². The molecule has 0 unspecified atom stereocenters. The van der Waals surface area contributed by atoms with Gasteiger partial charge in [0.1, 0.15) is 24.4 Å². The summed E-state index contributed by atoms with van der Waals surface area (Å²) in [6.07, 6.45) is 3.31. The van der Waals surface area contributed by atoms with Gasteiger partial charge in [-0.3, -0.25) is 0 Å². The highest BCUT2D eigenvalue weighted by molar-refractivity contribution is 5.53. The SMILES string of the molecule is C[C@@H](O)C#Cc1ccc(C23CC4(c5ccc(C#C[C@@H](C)O)cc5)CC(c5ccc(C#C[C@@H](C)O)cc5)(C2)CC(c2ccc(C#C[C@@H](C)O)cc2)(C3)C4)cc1. The van der Waals surface area contributed by atoms with Crippen LogP contribution in [0.5, 0.6) is 0 Å². The highest BCUT2D eigenvalue weighted by Crippen LogP contribution is 2.74. The summed E-state index contributed by atoms with van der Waals surface area (Å²) in [6, 6.07) is 35.0. The second-order valence-corrected chi connectivity index (χ2v) is 16.3. The average molecular weight is 713 g/mol. The number of hydrogen-bond donors (Lipinski definition) is 4. The van der Waals surface area contributed by atoms with Gasteiger partial charge in [0.25, 0.3) is 0 Å². The van der Waals surface area contributed by atoms with Crippen LogP contribution in [0.3, 0.4) is 0 Å². The third kappa shape index (κ3) is 7.51. The van der Waals surface area contributed by atoms with Crippen LogP contribution in [-0.4, -0.2) is 44.8 Å². The minimum Gasteiger partial charge on any atom is -0.381 e. The van der Waals surface area contributed by atoms with Crippen molar-refractivity contribution in [3.05, 3.63) is 142 Å². The Kier molecular flexibility index (Phi) is 10.1. The molecule has 8 rings (SSSR count). The Balaban J connectivity index is 1.42. The van der Waals surface area contributed by atoms with E-state index in [1.54, 1.807) is 27.7 Å². The summed E-state index contributed by atoms with van der Waals surface area (Å²) in [5, 5.41) is 39.3. The van der Waals surface area contributed by atoms with Crippen LogP contribution in [0, 0.1) is 47.4 Å². The monoisotopic (exact) mass is 712 g/mol. The van der Waals surface area contributed by atoms with Crippen LogP contribution in [0.1, 0.15) is 111 Å². The van der Waals surface area contributed by atoms with Crippen LogP contribution in [0.2, 0.25) is 0 Å². The van der Waals surface area contributed by atoms with E-state index in [0.717, 1.165) is 60.8 Å². The third-order valence-corrected chi connectivity index (χ3v) is 11.8. The molecular weight excluding hydrogens is 665 g/mol. The van der Waals surface area contributed by atoms with Gasteiger partial charge in [0, 0.05) is 22.3 Å². The van der Waals surface area contributed by atoms with E-state index in [1.807, 2.05) is 0 Å². The van der Waals surface area contributed by atoms with Crippen molar-refractivity contribution in [2.45, 2.75) is 112 Å². The summed E-state index contributed by atoms with van der Waals surface area (Å²) in [4.78, 5) is 0. The van der Waals surface area contributed by atoms with Gasteiger partial charge in [-0.05, 0) is 159 Å². The van der Waals surface area contributed by atoms with E-state index < -0.39 is 24.4 Å². The lowest BCUT2D eigenvalue weighted by molar-refractivity contribution is -0.0691. The molecule has 54 heavy (non-hydrogen) atoms. The van der Waals surface area contributed by atoms with Crippen LogP contribution in [-0.2, 0) is 21.7 Å². The first-order chi connectivity index (χ1) is 25.8. The predicted molar refractivity (Wildman–Crippen MR) is 214 cm³/mol. The Hall–Kier alpha value is -5.04. The van der Waals surface area contributed by atoms with E-state index in [1.165, 1.54) is 22.3 Å². The molecule has 4 aliphatic carbocycles. The van der Waals surface area contributed by atoms with Crippen LogP contribution < -0.4 is 0 Å². The van der Waals surface area contributed by atoms with E-state index in [2.05, 4.69) is 144 Å². The minimum absolute atomic E-state index is 0.147. The lowest BCUT2D eigenvalue weighted by atomic mass is 9.32. The molecule has 0 radical (unpaired) electrons. The molecule has 0 heterocycles. The number of hydrogen-bond acceptors (Lipinski definition) is 4. The van der Waals surface area contributed by atoms with Crippen LogP contribution in [0.25, 0.3) is 0 Å². The molecule has 4 fully saturated rings. The highest BCUT2D eigenvalue weighted by atomic mass is 16.3. The molecule has 4 atom stereocenters. The van der Waals surface area contributed by atoms with Gasteiger partial charge < -0.3 is 20.4 Å². The molecule has 4 saturated carbocycles. The van der Waals surface area contributed by atoms with Gasteiger partial charge in [0.15, 0.2) is 0 Å². The Labute approximate surface area is 320 Å². The van der Waals surface area contributed by atoms with Crippen LogP contribution >= 0.6 is 0 Å². The first kappa shape index (κ1) is 37.3. The zero-order valence-corrected chi connectivity index (χ0v) is 31.6. The zero-order chi connectivity index (χ0) is 38.1. The maximum atomic E-state index is 9.82. The van der Waals surface area contributed by atoms with Gasteiger partial charge in [-0.25, -0.2) is 0 Å². The second kappa shape index (κ2) is 14.7. The molecule has 0 saturated heterocycles. The molecule has 0 amide bonds. The molecule has 0 spiro atoms.